The summed E-state index contributed by atoms with van der Waals surface area (Å²) in [5.74, 6) is 0.118. The lowest BCUT2D eigenvalue weighted by Crippen LogP contribution is -2.37. The highest BCUT2D eigenvalue weighted by Gasteiger charge is 2.35. The Kier molecular flexibility index (Phi) is 13.5. The normalized spacial score (nSPS) is 11.8. The van der Waals surface area contributed by atoms with Crippen LogP contribution in [0.4, 0.5) is 0 Å². The van der Waals surface area contributed by atoms with Gasteiger partial charge in [-0.05, 0) is 161 Å². The summed E-state index contributed by atoms with van der Waals surface area (Å²) in [5.41, 5.74) is 7.65. The average Bonchev–Trinajstić information content (AvgIpc) is 3.10. The van der Waals surface area contributed by atoms with Gasteiger partial charge in [0.2, 0.25) is 0 Å². The summed E-state index contributed by atoms with van der Waals surface area (Å²) in [5, 5.41) is 0. The third kappa shape index (κ3) is 10.0. The summed E-state index contributed by atoms with van der Waals surface area (Å²) in [6.45, 7) is 22.2. The van der Waals surface area contributed by atoms with E-state index in [0.717, 1.165) is 70.2 Å². The number of carbonyl (C=O) groups is 3. The fraction of sp³-hybridized carbons (Fsp3) is 0.426. The Hall–Kier alpha value is -4.71. The van der Waals surface area contributed by atoms with E-state index < -0.39 is 23.0 Å². The standard InChI is InChI=1S/C47H58O6/c1-12-14-36(15-13-2)46(9,10)53-43(48)24-25-47(11,37-16-20-39(21-17-37)51-44(49)41-28-30(3)26-32(5)34(41)7)38-18-22-40(23-19-38)52-45(50)42-29-31(4)27-33(6)35(42)8/h16-23,26-29,36H,12-15,24-25H2,1-11H3. The van der Waals surface area contributed by atoms with Gasteiger partial charge in [-0.25, -0.2) is 9.59 Å². The third-order valence-electron chi connectivity index (χ3n) is 10.9. The maximum absolute atomic E-state index is 13.5. The number of esters is 3. The summed E-state index contributed by atoms with van der Waals surface area (Å²) < 4.78 is 17.8. The SMILES string of the molecule is CCCC(CCC)C(C)(C)OC(=O)CCC(C)(c1ccc(OC(=O)c2cc(C)cc(C)c2C)cc1)c1ccc(OC(=O)c2cc(C)cc(C)c2C)cc1. The van der Waals surface area contributed by atoms with Crippen LogP contribution in [0.2, 0.25) is 0 Å². The van der Waals surface area contributed by atoms with E-state index >= 15 is 0 Å². The molecule has 4 aromatic rings. The van der Waals surface area contributed by atoms with Crippen LogP contribution >= 0.6 is 0 Å². The summed E-state index contributed by atoms with van der Waals surface area (Å²) >= 11 is 0. The molecule has 0 unspecified atom stereocenters. The highest BCUT2D eigenvalue weighted by atomic mass is 16.6. The number of aryl methyl sites for hydroxylation is 4. The van der Waals surface area contributed by atoms with Crippen LogP contribution in [0.25, 0.3) is 0 Å². The Morgan fingerprint density at radius 3 is 1.38 bits per heavy atom. The van der Waals surface area contributed by atoms with Crippen LogP contribution in [0, 0.1) is 47.5 Å². The zero-order valence-electron chi connectivity index (χ0n) is 33.7. The van der Waals surface area contributed by atoms with E-state index in [4.69, 9.17) is 14.2 Å². The molecule has 6 heteroatoms. The van der Waals surface area contributed by atoms with Crippen LogP contribution in [0.15, 0.2) is 72.8 Å². The molecule has 4 aromatic carbocycles. The third-order valence-corrected chi connectivity index (χ3v) is 10.9. The van der Waals surface area contributed by atoms with Gasteiger partial charge in [-0.1, -0.05) is 70.0 Å². The molecule has 0 saturated heterocycles. The highest BCUT2D eigenvalue weighted by molar-refractivity contribution is 5.94. The van der Waals surface area contributed by atoms with Crippen molar-refractivity contribution < 1.29 is 28.6 Å². The van der Waals surface area contributed by atoms with Crippen molar-refractivity contribution in [2.75, 3.05) is 0 Å². The smallest absolute Gasteiger partial charge is 0.343 e. The Morgan fingerprint density at radius 1 is 0.604 bits per heavy atom. The van der Waals surface area contributed by atoms with E-state index in [1.54, 1.807) is 24.3 Å². The van der Waals surface area contributed by atoms with E-state index in [-0.39, 0.29) is 12.4 Å². The van der Waals surface area contributed by atoms with Crippen LogP contribution in [0.5, 0.6) is 11.5 Å². The van der Waals surface area contributed by atoms with Crippen molar-refractivity contribution in [1.82, 2.24) is 0 Å². The molecule has 0 radical (unpaired) electrons. The molecule has 282 valence electrons. The minimum atomic E-state index is -0.630. The molecule has 0 aromatic heterocycles. The Morgan fingerprint density at radius 2 is 1.00 bits per heavy atom. The van der Waals surface area contributed by atoms with E-state index in [0.29, 0.717) is 35.0 Å². The first-order valence-corrected chi connectivity index (χ1v) is 19.0. The molecule has 6 nitrogen and oxygen atoms in total. The fourth-order valence-electron chi connectivity index (χ4n) is 7.38. The molecule has 53 heavy (non-hydrogen) atoms. The lowest BCUT2D eigenvalue weighted by atomic mass is 9.73. The number of rotatable bonds is 15. The molecule has 0 amide bonds. The first-order valence-electron chi connectivity index (χ1n) is 19.0. The maximum Gasteiger partial charge on any atom is 0.343 e. The molecule has 0 heterocycles. The number of ether oxygens (including phenoxy) is 3. The van der Waals surface area contributed by atoms with E-state index in [9.17, 15) is 14.4 Å². The Balaban J connectivity index is 1.61. The monoisotopic (exact) mass is 718 g/mol. The van der Waals surface area contributed by atoms with Gasteiger partial charge in [0.05, 0.1) is 11.1 Å². The predicted molar refractivity (Wildman–Crippen MR) is 213 cm³/mol. The summed E-state index contributed by atoms with van der Waals surface area (Å²) in [6.07, 6.45) is 4.76. The van der Waals surface area contributed by atoms with Crippen molar-refractivity contribution in [1.29, 1.82) is 0 Å². The predicted octanol–water partition coefficient (Wildman–Crippen LogP) is 11.6. The summed E-state index contributed by atoms with van der Waals surface area (Å²) in [7, 11) is 0. The second-order valence-corrected chi connectivity index (χ2v) is 15.5. The number of carbonyl (C=O) groups excluding carboxylic acids is 3. The van der Waals surface area contributed by atoms with Crippen molar-refractivity contribution in [2.45, 2.75) is 126 Å². The molecule has 0 bridgehead atoms. The molecule has 0 fully saturated rings. The van der Waals surface area contributed by atoms with Crippen LogP contribution in [0.3, 0.4) is 0 Å². The second kappa shape index (κ2) is 17.4. The molecule has 0 aliphatic rings. The first kappa shape index (κ1) is 41.1. The van der Waals surface area contributed by atoms with Gasteiger partial charge >= 0.3 is 17.9 Å². The van der Waals surface area contributed by atoms with Crippen molar-refractivity contribution in [3.63, 3.8) is 0 Å². The molecular weight excluding hydrogens is 661 g/mol. The topological polar surface area (TPSA) is 78.9 Å². The van der Waals surface area contributed by atoms with Gasteiger partial charge in [-0.15, -0.1) is 0 Å². The van der Waals surface area contributed by atoms with Crippen molar-refractivity contribution >= 4 is 17.9 Å². The van der Waals surface area contributed by atoms with E-state index in [1.807, 2.05) is 91.8 Å². The molecule has 0 spiro atoms. The highest BCUT2D eigenvalue weighted by Crippen LogP contribution is 2.39. The van der Waals surface area contributed by atoms with Crippen LogP contribution in [-0.4, -0.2) is 23.5 Å². The van der Waals surface area contributed by atoms with Gasteiger partial charge in [0.1, 0.15) is 17.1 Å². The molecule has 4 rings (SSSR count). The molecule has 0 saturated carbocycles. The molecule has 0 aliphatic heterocycles. The van der Waals surface area contributed by atoms with Gasteiger partial charge in [0.15, 0.2) is 0 Å². The molecule has 0 N–H and O–H groups in total. The van der Waals surface area contributed by atoms with Crippen LogP contribution in [0.1, 0.15) is 138 Å². The van der Waals surface area contributed by atoms with Gasteiger partial charge in [0, 0.05) is 11.8 Å². The molecular formula is C47H58O6. The number of hydrogen-bond donors (Lipinski definition) is 0. The minimum Gasteiger partial charge on any atom is -0.459 e. The quantitative estimate of drug-likeness (QED) is 0.0899. The number of benzene rings is 4. The summed E-state index contributed by atoms with van der Waals surface area (Å²) in [4.78, 5) is 39.9. The molecule has 0 atom stereocenters. The van der Waals surface area contributed by atoms with Crippen molar-refractivity contribution in [3.05, 3.63) is 128 Å². The number of hydrogen-bond acceptors (Lipinski definition) is 6. The zero-order valence-corrected chi connectivity index (χ0v) is 33.7. The largest absolute Gasteiger partial charge is 0.459 e. The van der Waals surface area contributed by atoms with Crippen molar-refractivity contribution in [3.8, 4) is 11.5 Å². The lowest BCUT2D eigenvalue weighted by Gasteiger charge is -2.35. The minimum absolute atomic E-state index is 0.205. The van der Waals surface area contributed by atoms with Gasteiger partial charge in [-0.2, -0.15) is 0 Å². The lowest BCUT2D eigenvalue weighted by molar-refractivity contribution is -0.162. The fourth-order valence-corrected chi connectivity index (χ4v) is 7.38. The van der Waals surface area contributed by atoms with Gasteiger partial charge in [0.25, 0.3) is 0 Å². The Bertz CT molecular complexity index is 1800. The second-order valence-electron chi connectivity index (χ2n) is 15.5. The first-order chi connectivity index (χ1) is 25.0. The van der Waals surface area contributed by atoms with Gasteiger partial charge < -0.3 is 14.2 Å². The Labute approximate surface area is 317 Å². The van der Waals surface area contributed by atoms with Crippen LogP contribution in [-0.2, 0) is 14.9 Å². The van der Waals surface area contributed by atoms with Crippen molar-refractivity contribution in [2.24, 2.45) is 5.92 Å². The zero-order chi connectivity index (χ0) is 39.1. The molecule has 0 aliphatic carbocycles. The van der Waals surface area contributed by atoms with E-state index in [2.05, 4.69) is 32.9 Å². The van der Waals surface area contributed by atoms with E-state index in [1.165, 1.54) is 0 Å². The average molecular weight is 719 g/mol. The van der Waals surface area contributed by atoms with Gasteiger partial charge in [-0.3, -0.25) is 4.79 Å². The van der Waals surface area contributed by atoms with Crippen LogP contribution < -0.4 is 9.47 Å². The summed E-state index contributed by atoms with van der Waals surface area (Å²) in [6, 6.07) is 22.8. The maximum atomic E-state index is 13.5.